The van der Waals surface area contributed by atoms with Crippen LogP contribution in [0.5, 0.6) is 0 Å². The molecule has 1 aromatic carbocycles. The maximum absolute atomic E-state index is 12.2. The molecule has 1 heterocycles. The van der Waals surface area contributed by atoms with Crippen LogP contribution in [0.25, 0.3) is 11.0 Å². The fraction of sp³-hybridized carbons (Fsp3) is 0.500. The first-order valence-electron chi connectivity index (χ1n) is 7.33. The number of fused-ring (bicyclic) bond motifs is 1. The number of hydrogen-bond acceptors (Lipinski definition) is 4. The van der Waals surface area contributed by atoms with Gasteiger partial charge in [-0.25, -0.2) is 8.42 Å². The van der Waals surface area contributed by atoms with Crippen molar-refractivity contribution in [1.29, 1.82) is 0 Å². The quantitative estimate of drug-likeness (QED) is 0.853. The molecule has 4 nitrogen and oxygen atoms in total. The van der Waals surface area contributed by atoms with Gasteiger partial charge in [0, 0.05) is 5.39 Å². The van der Waals surface area contributed by atoms with E-state index in [9.17, 15) is 8.42 Å². The molecule has 1 unspecified atom stereocenters. The van der Waals surface area contributed by atoms with Crippen molar-refractivity contribution < 1.29 is 12.8 Å². The van der Waals surface area contributed by atoms with E-state index in [2.05, 4.69) is 5.32 Å². The Balaban J connectivity index is 2.26. The zero-order chi connectivity index (χ0) is 15.5. The first-order valence-corrected chi connectivity index (χ1v) is 9.15. The van der Waals surface area contributed by atoms with Crippen molar-refractivity contribution in [2.45, 2.75) is 26.8 Å². The van der Waals surface area contributed by atoms with Crippen LogP contribution in [-0.4, -0.2) is 26.5 Å². The van der Waals surface area contributed by atoms with Gasteiger partial charge in [0.25, 0.3) is 0 Å². The van der Waals surface area contributed by atoms with Gasteiger partial charge in [-0.3, -0.25) is 0 Å². The molecule has 0 saturated heterocycles. The topological polar surface area (TPSA) is 59.3 Å². The molecule has 0 fully saturated rings. The number of hydrogen-bond donors (Lipinski definition) is 1. The lowest BCUT2D eigenvalue weighted by atomic mass is 10.2. The van der Waals surface area contributed by atoms with Crippen molar-refractivity contribution in [2.24, 2.45) is 5.92 Å². The molecule has 0 amide bonds. The molecular weight excluding hydrogens is 286 g/mol. The molecule has 0 radical (unpaired) electrons. The fourth-order valence-electron chi connectivity index (χ4n) is 2.49. The van der Waals surface area contributed by atoms with Crippen LogP contribution in [0.2, 0.25) is 0 Å². The number of rotatable bonds is 7. The predicted molar refractivity (Wildman–Crippen MR) is 86.1 cm³/mol. The molecule has 0 spiro atoms. The second-order valence-electron chi connectivity index (χ2n) is 5.77. The van der Waals surface area contributed by atoms with Gasteiger partial charge in [-0.1, -0.05) is 39.0 Å². The first-order chi connectivity index (χ1) is 9.91. The molecular formula is C16H23NO3S. The van der Waals surface area contributed by atoms with Crippen LogP contribution in [-0.2, 0) is 9.84 Å². The van der Waals surface area contributed by atoms with Crippen molar-refractivity contribution in [3.8, 4) is 0 Å². The highest BCUT2D eigenvalue weighted by Gasteiger charge is 2.23. The minimum Gasteiger partial charge on any atom is -0.459 e. The summed E-state index contributed by atoms with van der Waals surface area (Å²) in [6, 6.07) is 9.34. The highest BCUT2D eigenvalue weighted by molar-refractivity contribution is 7.91. The molecule has 0 bridgehead atoms. The van der Waals surface area contributed by atoms with Crippen molar-refractivity contribution in [1.82, 2.24) is 5.32 Å². The molecule has 1 N–H and O–H groups in total. The Morgan fingerprint density at radius 1 is 1.19 bits per heavy atom. The smallest absolute Gasteiger partial charge is 0.152 e. The average molecular weight is 309 g/mol. The second kappa shape index (κ2) is 6.62. The van der Waals surface area contributed by atoms with E-state index in [0.29, 0.717) is 12.3 Å². The Labute approximate surface area is 126 Å². The second-order valence-corrected chi connectivity index (χ2v) is 7.92. The molecule has 5 heteroatoms. The standard InChI is InChI=1S/C16H23NO3S/c1-4-17-14(11-21(18,19)10-12(2)3)16-9-13-7-5-6-8-15(13)20-16/h5-9,12,14,17H,4,10-11H2,1-3H3. The van der Waals surface area contributed by atoms with Crippen LogP contribution >= 0.6 is 0 Å². The number of furan rings is 1. The van der Waals surface area contributed by atoms with Crippen LogP contribution in [0.1, 0.15) is 32.6 Å². The summed E-state index contributed by atoms with van der Waals surface area (Å²) in [5, 5.41) is 4.21. The number of sulfone groups is 1. The van der Waals surface area contributed by atoms with E-state index in [1.807, 2.05) is 51.1 Å². The molecule has 2 aromatic rings. The largest absolute Gasteiger partial charge is 0.459 e. The minimum absolute atomic E-state index is 0.0683. The Morgan fingerprint density at radius 3 is 2.52 bits per heavy atom. The van der Waals surface area contributed by atoms with Crippen LogP contribution in [0.15, 0.2) is 34.7 Å². The number of nitrogens with one attached hydrogen (secondary N) is 1. The van der Waals surface area contributed by atoms with Crippen LogP contribution in [0.3, 0.4) is 0 Å². The third-order valence-corrected chi connectivity index (χ3v) is 5.26. The molecule has 21 heavy (non-hydrogen) atoms. The van der Waals surface area contributed by atoms with Gasteiger partial charge in [0.05, 0.1) is 17.5 Å². The van der Waals surface area contributed by atoms with Gasteiger partial charge < -0.3 is 9.73 Å². The van der Waals surface area contributed by atoms with Crippen molar-refractivity contribution in [2.75, 3.05) is 18.1 Å². The van der Waals surface area contributed by atoms with E-state index in [1.165, 1.54) is 0 Å². The van der Waals surface area contributed by atoms with Crippen molar-refractivity contribution >= 4 is 20.8 Å². The van der Waals surface area contributed by atoms with E-state index in [-0.39, 0.29) is 23.5 Å². The minimum atomic E-state index is -3.11. The SMILES string of the molecule is CCNC(CS(=O)(=O)CC(C)C)c1cc2ccccc2o1. The number of benzene rings is 1. The molecule has 0 saturated carbocycles. The highest BCUT2D eigenvalue weighted by Crippen LogP contribution is 2.25. The third kappa shape index (κ3) is 4.32. The monoisotopic (exact) mass is 309 g/mol. The van der Waals surface area contributed by atoms with E-state index >= 15 is 0 Å². The van der Waals surface area contributed by atoms with Gasteiger partial charge in [-0.2, -0.15) is 0 Å². The summed E-state index contributed by atoms with van der Waals surface area (Å²) >= 11 is 0. The molecule has 1 atom stereocenters. The van der Waals surface area contributed by atoms with E-state index in [4.69, 9.17) is 4.42 Å². The normalized spacial score (nSPS) is 13.9. The first kappa shape index (κ1) is 16.0. The summed E-state index contributed by atoms with van der Waals surface area (Å²) in [5.74, 6) is 1.09. The van der Waals surface area contributed by atoms with Gasteiger partial charge in [0.2, 0.25) is 0 Å². The molecule has 116 valence electrons. The fourth-order valence-corrected chi connectivity index (χ4v) is 4.43. The summed E-state index contributed by atoms with van der Waals surface area (Å²) in [5.41, 5.74) is 0.789. The highest BCUT2D eigenvalue weighted by atomic mass is 32.2. The number of para-hydroxylation sites is 1. The zero-order valence-electron chi connectivity index (χ0n) is 12.8. The summed E-state index contributed by atoms with van der Waals surface area (Å²) < 4.78 is 30.3. The molecule has 0 aliphatic heterocycles. The lowest BCUT2D eigenvalue weighted by molar-refractivity contribution is 0.455. The molecule has 2 rings (SSSR count). The average Bonchev–Trinajstić information content (AvgIpc) is 2.80. The molecule has 1 aromatic heterocycles. The van der Waals surface area contributed by atoms with Gasteiger partial charge in [0.15, 0.2) is 9.84 Å². The summed E-state index contributed by atoms with van der Waals surface area (Å²) in [4.78, 5) is 0. The van der Waals surface area contributed by atoms with Gasteiger partial charge >= 0.3 is 0 Å². The zero-order valence-corrected chi connectivity index (χ0v) is 13.6. The maximum atomic E-state index is 12.2. The Bertz CT molecular complexity index is 655. The van der Waals surface area contributed by atoms with Crippen molar-refractivity contribution in [3.63, 3.8) is 0 Å². The Hall–Kier alpha value is -1.33. The van der Waals surface area contributed by atoms with E-state index in [0.717, 1.165) is 11.0 Å². The third-order valence-electron chi connectivity index (χ3n) is 3.25. The Morgan fingerprint density at radius 2 is 1.90 bits per heavy atom. The maximum Gasteiger partial charge on any atom is 0.152 e. The lowest BCUT2D eigenvalue weighted by Crippen LogP contribution is -2.29. The van der Waals surface area contributed by atoms with Crippen LogP contribution in [0.4, 0.5) is 0 Å². The molecule has 0 aliphatic carbocycles. The lowest BCUT2D eigenvalue weighted by Gasteiger charge is -2.16. The summed E-state index contributed by atoms with van der Waals surface area (Å²) in [7, 11) is -3.11. The Kier molecular flexibility index (Phi) is 5.06. The van der Waals surface area contributed by atoms with Gasteiger partial charge in [-0.05, 0) is 24.6 Å². The van der Waals surface area contributed by atoms with Gasteiger partial charge in [-0.15, -0.1) is 0 Å². The van der Waals surface area contributed by atoms with Gasteiger partial charge in [0.1, 0.15) is 11.3 Å². The summed E-state index contributed by atoms with van der Waals surface area (Å²) in [6.45, 7) is 6.49. The van der Waals surface area contributed by atoms with E-state index < -0.39 is 9.84 Å². The predicted octanol–water partition coefficient (Wildman–Crippen LogP) is 3.15. The van der Waals surface area contributed by atoms with Crippen LogP contribution < -0.4 is 5.32 Å². The molecule has 0 aliphatic rings. The van der Waals surface area contributed by atoms with E-state index in [1.54, 1.807) is 0 Å². The summed E-state index contributed by atoms with van der Waals surface area (Å²) in [6.07, 6.45) is 0. The van der Waals surface area contributed by atoms with Crippen molar-refractivity contribution in [3.05, 3.63) is 36.1 Å². The van der Waals surface area contributed by atoms with Crippen LogP contribution in [0, 0.1) is 5.92 Å².